The zero-order valence-corrected chi connectivity index (χ0v) is 22.6. The lowest BCUT2D eigenvalue weighted by Gasteiger charge is -2.18. The molecule has 192 valence electrons. The molecule has 2 amide bonds. The summed E-state index contributed by atoms with van der Waals surface area (Å²) in [6, 6.07) is 34.7. The first-order valence-electron chi connectivity index (χ1n) is 12.2. The second kappa shape index (κ2) is 13.4. The van der Waals surface area contributed by atoms with E-state index in [1.54, 1.807) is 6.08 Å². The summed E-state index contributed by atoms with van der Waals surface area (Å²) in [5.74, 6) is 0.509. The fourth-order valence-electron chi connectivity index (χ4n) is 3.86. The third kappa shape index (κ3) is 7.43. The molecule has 0 aliphatic carbocycles. The van der Waals surface area contributed by atoms with E-state index in [-0.39, 0.29) is 18.6 Å². The van der Waals surface area contributed by atoms with E-state index >= 15 is 0 Å². The van der Waals surface area contributed by atoms with Crippen LogP contribution in [0.2, 0.25) is 0 Å². The molecule has 0 saturated carbocycles. The van der Waals surface area contributed by atoms with Gasteiger partial charge in [0.05, 0.1) is 4.47 Å². The number of ether oxygens (including phenoxy) is 2. The summed E-state index contributed by atoms with van der Waals surface area (Å²) in [5.41, 5.74) is 4.18. The minimum absolute atomic E-state index is 0.188. The van der Waals surface area contributed by atoms with Gasteiger partial charge in [-0.1, -0.05) is 97.1 Å². The minimum Gasteiger partial charge on any atom is -0.488 e. The molecule has 0 unspecified atom stereocenters. The number of amides is 2. The number of hydrogen-bond donors (Lipinski definition) is 0. The van der Waals surface area contributed by atoms with Crippen LogP contribution in [0.1, 0.15) is 28.3 Å². The SMILES string of the molecule is Cc1ccc(OCc2ccccc2)c(Br)c1.O=C(/C=C/c1ccccc1)N1C(=O)OC[C@H]1c1ccccc1. The van der Waals surface area contributed by atoms with Gasteiger partial charge in [0, 0.05) is 6.08 Å². The lowest BCUT2D eigenvalue weighted by molar-refractivity contribution is -0.124. The van der Waals surface area contributed by atoms with E-state index in [0.29, 0.717) is 6.61 Å². The maximum absolute atomic E-state index is 12.4. The maximum Gasteiger partial charge on any atom is 0.417 e. The lowest BCUT2D eigenvalue weighted by Crippen LogP contribution is -2.32. The smallest absolute Gasteiger partial charge is 0.417 e. The molecule has 38 heavy (non-hydrogen) atoms. The van der Waals surface area contributed by atoms with E-state index in [4.69, 9.17) is 9.47 Å². The Bertz CT molecular complexity index is 1370. The van der Waals surface area contributed by atoms with Gasteiger partial charge in [-0.15, -0.1) is 0 Å². The Kier molecular flexibility index (Phi) is 9.48. The predicted molar refractivity (Wildman–Crippen MR) is 153 cm³/mol. The number of hydrogen-bond acceptors (Lipinski definition) is 4. The van der Waals surface area contributed by atoms with Gasteiger partial charge in [-0.2, -0.15) is 0 Å². The maximum atomic E-state index is 12.4. The Morgan fingerprint density at radius 1 is 0.947 bits per heavy atom. The largest absolute Gasteiger partial charge is 0.488 e. The van der Waals surface area contributed by atoms with Crippen molar-refractivity contribution < 1.29 is 19.1 Å². The molecule has 1 heterocycles. The van der Waals surface area contributed by atoms with Crippen LogP contribution in [-0.4, -0.2) is 23.5 Å². The highest BCUT2D eigenvalue weighted by Gasteiger charge is 2.37. The molecule has 1 aliphatic heterocycles. The second-order valence-corrected chi connectivity index (χ2v) is 9.52. The second-order valence-electron chi connectivity index (χ2n) is 8.66. The molecule has 0 aromatic heterocycles. The van der Waals surface area contributed by atoms with E-state index in [0.717, 1.165) is 26.2 Å². The summed E-state index contributed by atoms with van der Waals surface area (Å²) in [5, 5.41) is 0. The van der Waals surface area contributed by atoms with Crippen LogP contribution in [0.15, 0.2) is 120 Å². The Morgan fingerprint density at radius 3 is 2.24 bits per heavy atom. The fourth-order valence-corrected chi connectivity index (χ4v) is 4.46. The van der Waals surface area contributed by atoms with Crippen molar-refractivity contribution in [1.29, 1.82) is 0 Å². The molecule has 4 aromatic carbocycles. The van der Waals surface area contributed by atoms with Crippen molar-refractivity contribution >= 4 is 34.0 Å². The van der Waals surface area contributed by atoms with Crippen molar-refractivity contribution in [3.05, 3.63) is 142 Å². The molecule has 5 rings (SSSR count). The topological polar surface area (TPSA) is 55.8 Å². The summed E-state index contributed by atoms with van der Waals surface area (Å²) < 4.78 is 11.8. The van der Waals surface area contributed by atoms with Gasteiger partial charge in [0.1, 0.15) is 25.0 Å². The van der Waals surface area contributed by atoms with Crippen molar-refractivity contribution in [1.82, 2.24) is 4.90 Å². The predicted octanol–water partition coefficient (Wildman–Crippen LogP) is 7.76. The number of rotatable bonds is 6. The average Bonchev–Trinajstić information content (AvgIpc) is 3.34. The number of nitrogens with zero attached hydrogens (tertiary/aromatic N) is 1. The normalized spacial score (nSPS) is 14.5. The van der Waals surface area contributed by atoms with E-state index < -0.39 is 6.09 Å². The standard InChI is InChI=1S/C18H15NO3.C14H13BrO/c20-17(12-11-14-7-3-1-4-8-14)19-16(13-22-18(19)21)15-9-5-2-6-10-15;1-11-7-8-14(13(15)9-11)16-10-12-5-3-2-4-6-12/h1-12,16H,13H2;2-9H,10H2,1H3/b12-11+;/t16-;/m0./s1. The first kappa shape index (κ1) is 26.9. The summed E-state index contributed by atoms with van der Waals surface area (Å²) in [4.78, 5) is 25.4. The highest BCUT2D eigenvalue weighted by Crippen LogP contribution is 2.28. The van der Waals surface area contributed by atoms with Gasteiger partial charge >= 0.3 is 6.09 Å². The van der Waals surface area contributed by atoms with Crippen molar-refractivity contribution in [3.63, 3.8) is 0 Å². The molecule has 0 spiro atoms. The number of halogens is 1. The van der Waals surface area contributed by atoms with Crippen LogP contribution in [0.25, 0.3) is 6.08 Å². The van der Waals surface area contributed by atoms with Crippen molar-refractivity contribution in [2.24, 2.45) is 0 Å². The molecule has 6 heteroatoms. The monoisotopic (exact) mass is 569 g/mol. The van der Waals surface area contributed by atoms with Gasteiger partial charge in [-0.3, -0.25) is 4.79 Å². The third-order valence-corrected chi connectivity index (χ3v) is 6.46. The molecule has 1 fully saturated rings. The Hall–Kier alpha value is -4.16. The number of imide groups is 1. The minimum atomic E-state index is -0.600. The van der Waals surface area contributed by atoms with Gasteiger partial charge in [0.25, 0.3) is 5.91 Å². The van der Waals surface area contributed by atoms with Crippen LogP contribution in [0, 0.1) is 6.92 Å². The fraction of sp³-hybridized carbons (Fsp3) is 0.125. The van der Waals surface area contributed by atoms with Gasteiger partial charge in [-0.05, 0) is 63.3 Å². The first-order chi connectivity index (χ1) is 18.5. The summed E-state index contributed by atoms with van der Waals surface area (Å²) in [7, 11) is 0. The molecule has 1 saturated heterocycles. The van der Waals surface area contributed by atoms with Crippen molar-refractivity contribution in [2.45, 2.75) is 19.6 Å². The molecule has 0 N–H and O–H groups in total. The number of cyclic esters (lactones) is 1. The van der Waals surface area contributed by atoms with Crippen LogP contribution < -0.4 is 4.74 Å². The Balaban J connectivity index is 0.000000186. The van der Waals surface area contributed by atoms with Crippen LogP contribution in [-0.2, 0) is 16.1 Å². The van der Waals surface area contributed by atoms with Crippen molar-refractivity contribution in [2.75, 3.05) is 6.61 Å². The van der Waals surface area contributed by atoms with Gasteiger partial charge in [-0.25, -0.2) is 9.69 Å². The van der Waals surface area contributed by atoms with Gasteiger partial charge in [0.2, 0.25) is 0 Å². The number of carbonyl (C=O) groups is 2. The quantitative estimate of drug-likeness (QED) is 0.223. The van der Waals surface area contributed by atoms with Gasteiger partial charge < -0.3 is 9.47 Å². The molecule has 1 aliphatic rings. The van der Waals surface area contributed by atoms with Crippen LogP contribution in [0.5, 0.6) is 5.75 Å². The summed E-state index contributed by atoms with van der Waals surface area (Å²) >= 11 is 3.50. The molecule has 5 nitrogen and oxygen atoms in total. The summed E-state index contributed by atoms with van der Waals surface area (Å²) in [6.45, 7) is 2.85. The number of aryl methyl sites for hydroxylation is 1. The zero-order chi connectivity index (χ0) is 26.7. The van der Waals surface area contributed by atoms with Crippen LogP contribution in [0.4, 0.5) is 4.79 Å². The Morgan fingerprint density at radius 2 is 1.58 bits per heavy atom. The van der Waals surface area contributed by atoms with E-state index in [9.17, 15) is 9.59 Å². The van der Waals surface area contributed by atoms with Crippen LogP contribution >= 0.6 is 15.9 Å². The molecular weight excluding hydrogens is 542 g/mol. The van der Waals surface area contributed by atoms with E-state index in [2.05, 4.69) is 41.1 Å². The van der Waals surface area contributed by atoms with Gasteiger partial charge in [0.15, 0.2) is 0 Å². The number of carbonyl (C=O) groups excluding carboxylic acids is 2. The molecule has 1 atom stereocenters. The lowest BCUT2D eigenvalue weighted by atomic mass is 10.1. The Labute approximate surface area is 231 Å². The molecule has 4 aromatic rings. The van der Waals surface area contributed by atoms with E-state index in [1.165, 1.54) is 17.2 Å². The van der Waals surface area contributed by atoms with Crippen molar-refractivity contribution in [3.8, 4) is 5.75 Å². The average molecular weight is 570 g/mol. The first-order valence-corrected chi connectivity index (χ1v) is 13.0. The molecule has 0 bridgehead atoms. The molecule has 0 radical (unpaired) electrons. The number of benzene rings is 4. The van der Waals surface area contributed by atoms with E-state index in [1.807, 2.05) is 91.0 Å². The third-order valence-electron chi connectivity index (χ3n) is 5.84. The molecular formula is C32H28BrNO4. The van der Waals surface area contributed by atoms with Crippen LogP contribution in [0.3, 0.4) is 0 Å². The highest BCUT2D eigenvalue weighted by molar-refractivity contribution is 9.10. The summed E-state index contributed by atoms with van der Waals surface area (Å²) in [6.07, 6.45) is 2.49. The zero-order valence-electron chi connectivity index (χ0n) is 21.0. The highest BCUT2D eigenvalue weighted by atomic mass is 79.9.